The van der Waals surface area contributed by atoms with Gasteiger partial charge in [0.2, 0.25) is 0 Å². The number of methoxy groups -OCH3 is 1. The number of aliphatic hydroxyl groups is 1. The highest BCUT2D eigenvalue weighted by Crippen LogP contribution is 2.45. The topological polar surface area (TPSA) is 124 Å². The number of anilines is 1. The quantitative estimate of drug-likeness (QED) is 0.0617. The number of Topliss-reactive ketones (excluding diaryl/α,β-unsaturated/α-hetero) is 1. The molecule has 1 fully saturated rings. The monoisotopic (exact) mass is 636 g/mol. The first-order valence-electron chi connectivity index (χ1n) is 15.2. The first kappa shape index (κ1) is 33.5. The minimum Gasteiger partial charge on any atom is -0.507 e. The zero-order valence-electron chi connectivity index (χ0n) is 26.4. The van der Waals surface area contributed by atoms with E-state index in [2.05, 4.69) is 18.8 Å². The van der Waals surface area contributed by atoms with Crippen LogP contribution in [0.3, 0.4) is 0 Å². The average molecular weight is 637 g/mol. The van der Waals surface area contributed by atoms with Crippen LogP contribution in [0.2, 0.25) is 0 Å². The highest BCUT2D eigenvalue weighted by Gasteiger charge is 2.48. The van der Waals surface area contributed by atoms with Crippen LogP contribution in [0.4, 0.5) is 5.13 Å². The number of hydrogen-bond acceptors (Lipinski definition) is 10. The van der Waals surface area contributed by atoms with Gasteiger partial charge in [-0.25, -0.2) is 9.78 Å². The lowest BCUT2D eigenvalue weighted by Crippen LogP contribution is -2.29. The lowest BCUT2D eigenvalue weighted by atomic mass is 9.95. The molecule has 0 radical (unpaired) electrons. The number of esters is 1. The predicted molar refractivity (Wildman–Crippen MR) is 172 cm³/mol. The molecule has 2 aromatic carbocycles. The third-order valence-corrected chi connectivity index (χ3v) is 8.44. The Hall–Kier alpha value is -4.38. The molecule has 10 nitrogen and oxygen atoms in total. The number of ether oxygens (including phenoxy) is 4. The van der Waals surface area contributed by atoms with Crippen molar-refractivity contribution in [1.29, 1.82) is 0 Å². The minimum absolute atomic E-state index is 0.121. The van der Waals surface area contributed by atoms with Crippen LogP contribution < -0.4 is 19.1 Å². The molecule has 0 bridgehead atoms. The van der Waals surface area contributed by atoms with Gasteiger partial charge in [0.25, 0.3) is 5.78 Å². The smallest absolute Gasteiger partial charge is 0.350 e. The minimum atomic E-state index is -1.07. The highest BCUT2D eigenvalue weighted by molar-refractivity contribution is 7.17. The maximum absolute atomic E-state index is 13.7. The maximum Gasteiger partial charge on any atom is 0.350 e. The van der Waals surface area contributed by atoms with Crippen LogP contribution in [0.15, 0.2) is 48.0 Å². The Balaban J connectivity index is 1.82. The molecule has 45 heavy (non-hydrogen) atoms. The van der Waals surface area contributed by atoms with Crippen LogP contribution in [0.1, 0.15) is 85.4 Å². The number of aromatic nitrogens is 1. The van der Waals surface area contributed by atoms with Crippen LogP contribution in [-0.4, -0.2) is 54.7 Å². The first-order valence-corrected chi connectivity index (χ1v) is 16.1. The number of carbonyl (C=O) groups is 3. The molecular formula is C34H40N2O8S. The normalized spacial score (nSPS) is 15.8. The van der Waals surface area contributed by atoms with E-state index < -0.39 is 23.7 Å². The molecule has 11 heteroatoms. The Morgan fingerprint density at radius 1 is 0.956 bits per heavy atom. The maximum atomic E-state index is 13.7. The second kappa shape index (κ2) is 15.6. The Labute approximate surface area is 267 Å². The van der Waals surface area contributed by atoms with Gasteiger partial charge in [-0.05, 0) is 68.7 Å². The van der Waals surface area contributed by atoms with E-state index in [4.69, 9.17) is 18.9 Å². The molecule has 3 aromatic rings. The van der Waals surface area contributed by atoms with Crippen molar-refractivity contribution in [2.24, 2.45) is 0 Å². The zero-order chi connectivity index (χ0) is 32.5. The van der Waals surface area contributed by atoms with Gasteiger partial charge in [0.05, 0.1) is 44.2 Å². The second-order valence-corrected chi connectivity index (χ2v) is 11.5. The molecular weight excluding hydrogens is 596 g/mol. The van der Waals surface area contributed by atoms with Crippen molar-refractivity contribution >= 4 is 39.9 Å². The van der Waals surface area contributed by atoms with E-state index in [1.165, 1.54) is 12.0 Å². The number of nitrogens with zero attached hydrogens (tertiary/aromatic N) is 2. The van der Waals surface area contributed by atoms with Crippen molar-refractivity contribution in [2.45, 2.75) is 65.8 Å². The fourth-order valence-electron chi connectivity index (χ4n) is 4.92. The molecule has 0 aliphatic carbocycles. The molecule has 1 N–H and O–H groups in total. The van der Waals surface area contributed by atoms with Crippen molar-refractivity contribution in [1.82, 2.24) is 4.98 Å². The van der Waals surface area contributed by atoms with E-state index in [-0.39, 0.29) is 27.9 Å². The van der Waals surface area contributed by atoms with E-state index in [9.17, 15) is 19.5 Å². The van der Waals surface area contributed by atoms with Gasteiger partial charge in [-0.3, -0.25) is 14.5 Å². The van der Waals surface area contributed by atoms with Crippen molar-refractivity contribution in [3.05, 3.63) is 69.7 Å². The van der Waals surface area contributed by atoms with Crippen LogP contribution in [0.25, 0.3) is 5.76 Å². The lowest BCUT2D eigenvalue weighted by Gasteiger charge is -2.24. The number of aliphatic hydroxyl groups excluding tert-OH is 1. The zero-order valence-corrected chi connectivity index (χ0v) is 27.2. The van der Waals surface area contributed by atoms with Gasteiger partial charge in [-0.1, -0.05) is 50.5 Å². The summed E-state index contributed by atoms with van der Waals surface area (Å²) in [6, 6.07) is 10.8. The molecule has 1 aliphatic rings. The summed E-state index contributed by atoms with van der Waals surface area (Å²) < 4.78 is 22.5. The first-order chi connectivity index (χ1) is 21.7. The summed E-state index contributed by atoms with van der Waals surface area (Å²) in [6.45, 7) is 8.76. The van der Waals surface area contributed by atoms with Crippen molar-refractivity contribution in [3.63, 3.8) is 0 Å². The van der Waals surface area contributed by atoms with Crippen molar-refractivity contribution in [3.8, 4) is 17.2 Å². The van der Waals surface area contributed by atoms with Crippen LogP contribution in [-0.2, 0) is 14.3 Å². The Morgan fingerprint density at radius 3 is 2.33 bits per heavy atom. The molecule has 1 amide bonds. The predicted octanol–water partition coefficient (Wildman–Crippen LogP) is 7.01. The third-order valence-electron chi connectivity index (χ3n) is 7.30. The third kappa shape index (κ3) is 7.47. The number of aryl methyl sites for hydroxylation is 1. The number of benzene rings is 2. The van der Waals surface area contributed by atoms with Gasteiger partial charge in [0, 0.05) is 5.56 Å². The van der Waals surface area contributed by atoms with Gasteiger partial charge in [0.1, 0.15) is 16.4 Å². The van der Waals surface area contributed by atoms with Gasteiger partial charge in [0.15, 0.2) is 16.6 Å². The Kier molecular flexibility index (Phi) is 11.6. The number of rotatable bonds is 15. The molecule has 1 atom stereocenters. The fraction of sp³-hybridized carbons (Fsp3) is 0.412. The van der Waals surface area contributed by atoms with E-state index in [1.54, 1.807) is 56.3 Å². The number of carbonyl (C=O) groups excluding carboxylic acids is 3. The standard InChI is InChI=1S/C34H40N2O8S/c1-6-9-11-19-44-25-17-14-23(20-26(25)41-5)28-27(29(37)22-12-15-24(16-13-22)43-18-10-7-2)30(38)32(39)36(28)34-35-21(4)31(45-34)33(40)42-8-3/h12-17,20,28,37H,6-11,18-19H2,1-5H3/b29-27+. The summed E-state index contributed by atoms with van der Waals surface area (Å²) in [4.78, 5) is 45.9. The Bertz CT molecular complexity index is 1550. The summed E-state index contributed by atoms with van der Waals surface area (Å²) >= 11 is 0.949. The second-order valence-electron chi connectivity index (χ2n) is 10.5. The largest absolute Gasteiger partial charge is 0.507 e. The van der Waals surface area contributed by atoms with Crippen LogP contribution in [0, 0.1) is 6.92 Å². The summed E-state index contributed by atoms with van der Waals surface area (Å²) in [5, 5.41) is 11.7. The molecule has 1 unspecified atom stereocenters. The molecule has 1 saturated heterocycles. The molecule has 1 aliphatic heterocycles. The number of unbranched alkanes of at least 4 members (excludes halogenated alkanes) is 3. The fourth-order valence-corrected chi connectivity index (χ4v) is 5.91. The number of hydrogen-bond donors (Lipinski definition) is 1. The summed E-state index contributed by atoms with van der Waals surface area (Å²) in [5.74, 6) is -1.14. The van der Waals surface area contributed by atoms with E-state index in [0.717, 1.165) is 43.4 Å². The molecule has 2 heterocycles. The molecule has 4 rings (SSSR count). The molecule has 1 aromatic heterocycles. The number of ketones is 1. The average Bonchev–Trinajstić information content (AvgIpc) is 3.55. The SMILES string of the molecule is CCCCCOc1ccc(C2/C(=C(\O)c3ccc(OCCCC)cc3)C(=O)C(=O)N2c2nc(C)c(C(=O)OCC)s2)cc1OC. The molecule has 0 spiro atoms. The van der Waals surface area contributed by atoms with E-state index in [0.29, 0.717) is 47.3 Å². The van der Waals surface area contributed by atoms with Crippen LogP contribution in [0.5, 0.6) is 17.2 Å². The van der Waals surface area contributed by atoms with Gasteiger partial charge in [-0.2, -0.15) is 0 Å². The summed E-state index contributed by atoms with van der Waals surface area (Å²) in [5.41, 5.74) is 1.06. The Morgan fingerprint density at radius 2 is 1.67 bits per heavy atom. The van der Waals surface area contributed by atoms with Gasteiger partial charge >= 0.3 is 11.9 Å². The number of amides is 1. The van der Waals surface area contributed by atoms with Gasteiger partial charge in [-0.15, -0.1) is 0 Å². The summed E-state index contributed by atoms with van der Waals surface area (Å²) in [7, 11) is 1.51. The van der Waals surface area contributed by atoms with Gasteiger partial charge < -0.3 is 24.1 Å². The van der Waals surface area contributed by atoms with E-state index >= 15 is 0 Å². The van der Waals surface area contributed by atoms with Crippen molar-refractivity contribution in [2.75, 3.05) is 31.8 Å². The number of thiazole rings is 1. The van der Waals surface area contributed by atoms with Crippen molar-refractivity contribution < 1.29 is 38.4 Å². The molecule has 0 saturated carbocycles. The summed E-state index contributed by atoms with van der Waals surface area (Å²) in [6.07, 6.45) is 4.87. The highest BCUT2D eigenvalue weighted by atomic mass is 32.1. The molecule has 240 valence electrons. The van der Waals surface area contributed by atoms with Crippen LogP contribution >= 0.6 is 11.3 Å². The van der Waals surface area contributed by atoms with E-state index in [1.807, 2.05) is 0 Å². The lowest BCUT2D eigenvalue weighted by molar-refractivity contribution is -0.132.